The lowest BCUT2D eigenvalue weighted by Crippen LogP contribution is -2.25. The first-order valence-corrected chi connectivity index (χ1v) is 13.1. The van der Waals surface area contributed by atoms with Gasteiger partial charge in [0.05, 0.1) is 18.9 Å². The van der Waals surface area contributed by atoms with Crippen molar-refractivity contribution < 1.29 is 18.7 Å². The molecule has 0 fully saturated rings. The van der Waals surface area contributed by atoms with Crippen molar-refractivity contribution >= 4 is 40.1 Å². The summed E-state index contributed by atoms with van der Waals surface area (Å²) in [5.74, 6) is -0.199. The van der Waals surface area contributed by atoms with Crippen LogP contribution in [0.4, 0.5) is 10.1 Å². The van der Waals surface area contributed by atoms with Crippen molar-refractivity contribution in [3.05, 3.63) is 94.8 Å². The summed E-state index contributed by atoms with van der Waals surface area (Å²) < 4.78 is 18.8. The minimum atomic E-state index is -0.641. The number of aryl methyl sites for hydroxylation is 2. The van der Waals surface area contributed by atoms with Crippen LogP contribution >= 0.6 is 11.8 Å². The van der Waals surface area contributed by atoms with Gasteiger partial charge in [0.25, 0.3) is 5.91 Å². The number of nitrogens with zero attached hydrogens (tertiary/aromatic N) is 3. The van der Waals surface area contributed by atoms with Crippen LogP contribution in [0.2, 0.25) is 0 Å². The molecule has 2 heterocycles. The molecule has 0 saturated carbocycles. The average molecular weight is 531 g/mol. The van der Waals surface area contributed by atoms with Gasteiger partial charge in [-0.15, -0.1) is 0 Å². The number of halogens is 1. The Bertz CT molecular complexity index is 1420. The molecule has 2 aliphatic heterocycles. The number of carbonyl (C=O) groups excluding carboxylic acids is 2. The number of hydrazone groups is 1. The van der Waals surface area contributed by atoms with Crippen LogP contribution in [-0.2, 0) is 9.59 Å². The molecule has 2 aliphatic rings. The largest absolute Gasteiger partial charge is 0.497 e. The summed E-state index contributed by atoms with van der Waals surface area (Å²) >= 11 is 1.24. The topological polar surface area (TPSA) is 83.4 Å². The number of ether oxygens (including phenoxy) is 1. The van der Waals surface area contributed by atoms with Gasteiger partial charge >= 0.3 is 0 Å². The van der Waals surface area contributed by atoms with Gasteiger partial charge < -0.3 is 10.1 Å². The number of benzene rings is 3. The van der Waals surface area contributed by atoms with Crippen LogP contribution in [-0.4, -0.2) is 40.1 Å². The Morgan fingerprint density at radius 1 is 1.08 bits per heavy atom. The molecule has 3 aromatic rings. The minimum Gasteiger partial charge on any atom is -0.497 e. The monoisotopic (exact) mass is 530 g/mol. The molecular formula is C29H27FN4O3S. The summed E-state index contributed by atoms with van der Waals surface area (Å²) in [5, 5.41) is 9.23. The number of hydrogen-bond acceptors (Lipinski definition) is 6. The van der Waals surface area contributed by atoms with Crippen molar-refractivity contribution in [3.8, 4) is 5.75 Å². The fourth-order valence-corrected chi connectivity index (χ4v) is 5.68. The molecule has 0 aromatic heterocycles. The lowest BCUT2D eigenvalue weighted by molar-refractivity contribution is -0.121. The zero-order chi connectivity index (χ0) is 26.8. The average Bonchev–Trinajstić information content (AvgIpc) is 3.48. The summed E-state index contributed by atoms with van der Waals surface area (Å²) in [6, 6.07) is 19.4. The fraction of sp³-hybridized carbons (Fsp3) is 0.241. The third-order valence-electron chi connectivity index (χ3n) is 6.39. The van der Waals surface area contributed by atoms with E-state index in [0.717, 1.165) is 33.7 Å². The predicted octanol–water partition coefficient (Wildman–Crippen LogP) is 5.63. The van der Waals surface area contributed by atoms with Crippen LogP contribution in [0.25, 0.3) is 0 Å². The van der Waals surface area contributed by atoms with Gasteiger partial charge in [0, 0.05) is 18.5 Å². The molecule has 38 heavy (non-hydrogen) atoms. The van der Waals surface area contributed by atoms with Crippen molar-refractivity contribution in [2.24, 2.45) is 10.1 Å². The highest BCUT2D eigenvalue weighted by Crippen LogP contribution is 2.39. The van der Waals surface area contributed by atoms with E-state index in [1.807, 2.05) is 56.3 Å². The molecular weight excluding hydrogens is 503 g/mol. The Morgan fingerprint density at radius 2 is 1.76 bits per heavy atom. The second kappa shape index (κ2) is 10.8. The van der Waals surface area contributed by atoms with E-state index in [0.29, 0.717) is 17.3 Å². The van der Waals surface area contributed by atoms with Gasteiger partial charge in [0.1, 0.15) is 16.8 Å². The molecule has 2 amide bonds. The second-order valence-electron chi connectivity index (χ2n) is 9.36. The van der Waals surface area contributed by atoms with Crippen LogP contribution in [0.1, 0.15) is 41.1 Å². The lowest BCUT2D eigenvalue weighted by Gasteiger charge is -2.23. The third-order valence-corrected chi connectivity index (χ3v) is 7.53. The van der Waals surface area contributed by atoms with Gasteiger partial charge in [-0.05, 0) is 72.5 Å². The van der Waals surface area contributed by atoms with Gasteiger partial charge in [0.2, 0.25) is 5.91 Å². The van der Waals surface area contributed by atoms with Crippen LogP contribution in [0, 0.1) is 19.7 Å². The number of carbonyl (C=O) groups is 2. The van der Waals surface area contributed by atoms with E-state index < -0.39 is 5.25 Å². The van der Waals surface area contributed by atoms with E-state index in [1.165, 1.54) is 23.9 Å². The molecule has 0 radical (unpaired) electrons. The number of anilines is 1. The Hall–Kier alpha value is -3.98. The maximum absolute atomic E-state index is 13.5. The van der Waals surface area contributed by atoms with Crippen molar-refractivity contribution in [2.75, 3.05) is 12.4 Å². The maximum Gasteiger partial charge on any atom is 0.262 e. The summed E-state index contributed by atoms with van der Waals surface area (Å²) in [7, 11) is 1.61. The van der Waals surface area contributed by atoms with E-state index in [2.05, 4.69) is 10.3 Å². The van der Waals surface area contributed by atoms with E-state index in [4.69, 9.17) is 9.84 Å². The SMILES string of the molecule is COc1ccc([C@@H]2CC(c3ccc(F)cc3)=NN2C2=NC(=O)[C@@H](CC(=O)Nc3cc(C)cc(C)c3)S2)cc1. The number of nitrogens with one attached hydrogen (secondary N) is 1. The van der Waals surface area contributed by atoms with Crippen molar-refractivity contribution in [2.45, 2.75) is 38.0 Å². The molecule has 0 unspecified atom stereocenters. The van der Waals surface area contributed by atoms with Gasteiger partial charge in [-0.25, -0.2) is 9.40 Å². The summed E-state index contributed by atoms with van der Waals surface area (Å²) in [6.45, 7) is 3.93. The molecule has 3 aromatic carbocycles. The first-order valence-electron chi connectivity index (χ1n) is 12.2. The van der Waals surface area contributed by atoms with Gasteiger partial charge in [-0.2, -0.15) is 10.1 Å². The first kappa shape index (κ1) is 25.7. The molecule has 9 heteroatoms. The number of thioether (sulfide) groups is 1. The molecule has 7 nitrogen and oxygen atoms in total. The Labute approximate surface area is 224 Å². The highest BCUT2D eigenvalue weighted by Gasteiger charge is 2.39. The number of rotatable bonds is 6. The van der Waals surface area contributed by atoms with E-state index in [-0.39, 0.29) is 30.1 Å². The number of hydrogen-bond donors (Lipinski definition) is 1. The van der Waals surface area contributed by atoms with Gasteiger partial charge in [-0.3, -0.25) is 9.59 Å². The molecule has 194 valence electrons. The van der Waals surface area contributed by atoms with Crippen LogP contribution in [0.15, 0.2) is 76.8 Å². The standard InChI is InChI=1S/C29H27FN4O3S/c1-17-12-18(2)14-22(13-17)31-27(35)16-26-28(36)32-29(38-26)34-25(20-6-10-23(37-3)11-7-20)15-24(33-34)19-4-8-21(30)9-5-19/h4-14,25-26H,15-16H2,1-3H3,(H,31,35)/t25-,26+/m0/s1. The van der Waals surface area contributed by atoms with Crippen molar-refractivity contribution in [1.82, 2.24) is 5.01 Å². The van der Waals surface area contributed by atoms with Crippen LogP contribution in [0.3, 0.4) is 0 Å². The van der Waals surface area contributed by atoms with Gasteiger partial charge in [-0.1, -0.05) is 42.1 Å². The predicted molar refractivity (Wildman–Crippen MR) is 148 cm³/mol. The maximum atomic E-state index is 13.5. The lowest BCUT2D eigenvalue weighted by atomic mass is 9.98. The summed E-state index contributed by atoms with van der Waals surface area (Å²) in [5.41, 5.74) is 5.33. The molecule has 0 spiro atoms. The smallest absolute Gasteiger partial charge is 0.262 e. The molecule has 0 bridgehead atoms. The Morgan fingerprint density at radius 3 is 2.42 bits per heavy atom. The quantitative estimate of drug-likeness (QED) is 0.447. The molecule has 2 atom stereocenters. The van der Waals surface area contributed by atoms with E-state index >= 15 is 0 Å². The van der Waals surface area contributed by atoms with Gasteiger partial charge in [0.15, 0.2) is 5.17 Å². The number of aliphatic imine (C=N–C) groups is 1. The number of amides is 2. The Kier molecular flexibility index (Phi) is 7.28. The van der Waals surface area contributed by atoms with Crippen molar-refractivity contribution in [1.29, 1.82) is 0 Å². The normalized spacial score (nSPS) is 18.8. The zero-order valence-corrected chi connectivity index (χ0v) is 22.1. The summed E-state index contributed by atoms with van der Waals surface area (Å²) in [6.07, 6.45) is 0.544. The zero-order valence-electron chi connectivity index (χ0n) is 21.3. The second-order valence-corrected chi connectivity index (χ2v) is 10.5. The Balaban J connectivity index is 1.35. The molecule has 0 aliphatic carbocycles. The fourth-order valence-electron chi connectivity index (χ4n) is 4.62. The number of methoxy groups -OCH3 is 1. The highest BCUT2D eigenvalue weighted by atomic mass is 32.2. The molecule has 5 rings (SSSR count). The first-order chi connectivity index (χ1) is 18.3. The summed E-state index contributed by atoms with van der Waals surface area (Å²) in [4.78, 5) is 29.9. The highest BCUT2D eigenvalue weighted by molar-refractivity contribution is 8.15. The van der Waals surface area contributed by atoms with Crippen LogP contribution in [0.5, 0.6) is 5.75 Å². The third kappa shape index (κ3) is 5.62. The van der Waals surface area contributed by atoms with E-state index in [9.17, 15) is 14.0 Å². The molecule has 1 N–H and O–H groups in total. The molecule has 0 saturated heterocycles. The van der Waals surface area contributed by atoms with Crippen LogP contribution < -0.4 is 10.1 Å². The number of amidine groups is 1. The van der Waals surface area contributed by atoms with Crippen molar-refractivity contribution in [3.63, 3.8) is 0 Å². The minimum absolute atomic E-state index is 0.000927. The van der Waals surface area contributed by atoms with E-state index in [1.54, 1.807) is 24.3 Å².